The van der Waals surface area contributed by atoms with E-state index in [1.807, 2.05) is 0 Å². The third-order valence-electron chi connectivity index (χ3n) is 2.50. The van der Waals surface area contributed by atoms with E-state index in [-0.39, 0.29) is 0 Å². The van der Waals surface area contributed by atoms with E-state index in [1.54, 1.807) is 0 Å². The van der Waals surface area contributed by atoms with E-state index >= 15 is 0 Å². The quantitative estimate of drug-likeness (QED) is 0.652. The minimum absolute atomic E-state index is 0.554. The average Bonchev–Trinajstić information content (AvgIpc) is 2.53. The van der Waals surface area contributed by atoms with Crippen LogP contribution in [-0.2, 0) is 6.42 Å². The Morgan fingerprint density at radius 3 is 2.69 bits per heavy atom. The normalized spacial score (nSPS) is 21.6. The first kappa shape index (κ1) is 8.49. The summed E-state index contributed by atoms with van der Waals surface area (Å²) in [7, 11) is 0. The second kappa shape index (κ2) is 3.73. The lowest BCUT2D eigenvalue weighted by Gasteiger charge is -1.99. The van der Waals surface area contributed by atoms with E-state index in [1.165, 1.54) is 24.1 Å². The highest BCUT2D eigenvalue weighted by atomic mass is 14.8. The maximum absolute atomic E-state index is 4.60. The van der Waals surface area contributed by atoms with Crippen LogP contribution in [0.2, 0.25) is 0 Å². The summed E-state index contributed by atoms with van der Waals surface area (Å²) in [5.74, 6) is 0. The molecule has 0 aliphatic carbocycles. The third kappa shape index (κ3) is 2.18. The van der Waals surface area contributed by atoms with E-state index in [0.29, 0.717) is 6.04 Å². The molecule has 0 amide bonds. The SMILES string of the molecule is C[C@H]1CCC(Cc2ccccc2)=N1. The standard InChI is InChI=1S/C12H15N/c1-10-7-8-12(13-10)9-11-5-3-2-4-6-11/h2-6,10H,7-9H2,1H3/t10-/m0/s1. The molecule has 1 heteroatoms. The second-order valence-electron chi connectivity index (χ2n) is 3.75. The minimum atomic E-state index is 0.554. The Kier molecular flexibility index (Phi) is 2.44. The van der Waals surface area contributed by atoms with Gasteiger partial charge in [0, 0.05) is 18.2 Å². The summed E-state index contributed by atoms with van der Waals surface area (Å²) >= 11 is 0. The molecule has 1 aliphatic rings. The van der Waals surface area contributed by atoms with Crippen molar-refractivity contribution in [2.75, 3.05) is 0 Å². The summed E-state index contributed by atoms with van der Waals surface area (Å²) in [6.07, 6.45) is 3.48. The molecule has 0 aromatic heterocycles. The molecule has 68 valence electrons. The fourth-order valence-electron chi connectivity index (χ4n) is 1.78. The molecule has 0 unspecified atom stereocenters. The van der Waals surface area contributed by atoms with Gasteiger partial charge < -0.3 is 0 Å². The van der Waals surface area contributed by atoms with Crippen molar-refractivity contribution in [3.05, 3.63) is 35.9 Å². The Labute approximate surface area is 79.5 Å². The molecule has 1 nitrogen and oxygen atoms in total. The molecule has 0 bridgehead atoms. The number of aliphatic imine (C=N–C) groups is 1. The van der Waals surface area contributed by atoms with Crippen molar-refractivity contribution in [3.63, 3.8) is 0 Å². The Morgan fingerprint density at radius 2 is 2.08 bits per heavy atom. The molecular formula is C12H15N. The predicted molar refractivity (Wildman–Crippen MR) is 56.3 cm³/mol. The lowest BCUT2D eigenvalue weighted by Crippen LogP contribution is -1.98. The van der Waals surface area contributed by atoms with Crippen LogP contribution in [-0.4, -0.2) is 11.8 Å². The van der Waals surface area contributed by atoms with Crippen molar-refractivity contribution in [3.8, 4) is 0 Å². The van der Waals surface area contributed by atoms with Crippen LogP contribution in [0.25, 0.3) is 0 Å². The van der Waals surface area contributed by atoms with Crippen LogP contribution in [0.5, 0.6) is 0 Å². The summed E-state index contributed by atoms with van der Waals surface area (Å²) in [5.41, 5.74) is 2.76. The Morgan fingerprint density at radius 1 is 1.31 bits per heavy atom. The number of nitrogens with zero attached hydrogens (tertiary/aromatic N) is 1. The Hall–Kier alpha value is -1.11. The third-order valence-corrected chi connectivity index (χ3v) is 2.50. The fraction of sp³-hybridized carbons (Fsp3) is 0.417. The number of hydrogen-bond acceptors (Lipinski definition) is 1. The molecular weight excluding hydrogens is 158 g/mol. The second-order valence-corrected chi connectivity index (χ2v) is 3.75. The first-order valence-corrected chi connectivity index (χ1v) is 4.94. The van der Waals surface area contributed by atoms with Crippen LogP contribution in [0.1, 0.15) is 25.3 Å². The summed E-state index contributed by atoms with van der Waals surface area (Å²) in [6.45, 7) is 2.19. The van der Waals surface area contributed by atoms with E-state index in [4.69, 9.17) is 0 Å². The van der Waals surface area contributed by atoms with Gasteiger partial charge in [0.15, 0.2) is 0 Å². The van der Waals surface area contributed by atoms with Crippen LogP contribution in [0.15, 0.2) is 35.3 Å². The molecule has 1 heterocycles. The van der Waals surface area contributed by atoms with Gasteiger partial charge in [-0.2, -0.15) is 0 Å². The highest BCUT2D eigenvalue weighted by molar-refractivity contribution is 5.88. The molecule has 2 rings (SSSR count). The fourth-order valence-corrected chi connectivity index (χ4v) is 1.78. The average molecular weight is 173 g/mol. The van der Waals surface area contributed by atoms with Gasteiger partial charge in [0.1, 0.15) is 0 Å². The number of hydrogen-bond donors (Lipinski definition) is 0. The summed E-state index contributed by atoms with van der Waals surface area (Å²) in [6, 6.07) is 11.1. The van der Waals surface area contributed by atoms with Crippen molar-refractivity contribution >= 4 is 5.71 Å². The van der Waals surface area contributed by atoms with Gasteiger partial charge in [-0.25, -0.2) is 0 Å². The van der Waals surface area contributed by atoms with Crippen LogP contribution < -0.4 is 0 Å². The molecule has 0 saturated carbocycles. The topological polar surface area (TPSA) is 12.4 Å². The molecule has 1 aromatic rings. The molecule has 1 aromatic carbocycles. The zero-order valence-corrected chi connectivity index (χ0v) is 8.03. The van der Waals surface area contributed by atoms with Crippen molar-refractivity contribution in [1.82, 2.24) is 0 Å². The molecule has 1 aliphatic heterocycles. The summed E-state index contributed by atoms with van der Waals surface area (Å²) in [4.78, 5) is 4.60. The lowest BCUT2D eigenvalue weighted by molar-refractivity contribution is 0.739. The maximum Gasteiger partial charge on any atom is 0.0474 e. The number of benzene rings is 1. The first-order valence-electron chi connectivity index (χ1n) is 4.94. The summed E-state index contributed by atoms with van der Waals surface area (Å²) in [5, 5.41) is 0. The van der Waals surface area contributed by atoms with Gasteiger partial charge in [0.2, 0.25) is 0 Å². The van der Waals surface area contributed by atoms with E-state index in [2.05, 4.69) is 42.2 Å². The van der Waals surface area contributed by atoms with Gasteiger partial charge in [-0.05, 0) is 25.3 Å². The van der Waals surface area contributed by atoms with Crippen molar-refractivity contribution < 1.29 is 0 Å². The Balaban J connectivity index is 2.03. The van der Waals surface area contributed by atoms with Crippen LogP contribution >= 0.6 is 0 Å². The number of rotatable bonds is 2. The van der Waals surface area contributed by atoms with Crippen LogP contribution in [0.4, 0.5) is 0 Å². The Bertz CT molecular complexity index is 300. The van der Waals surface area contributed by atoms with Crippen LogP contribution in [0.3, 0.4) is 0 Å². The van der Waals surface area contributed by atoms with Crippen molar-refractivity contribution in [1.29, 1.82) is 0 Å². The molecule has 0 N–H and O–H groups in total. The first-order chi connectivity index (χ1) is 6.34. The van der Waals surface area contributed by atoms with Gasteiger partial charge in [-0.15, -0.1) is 0 Å². The summed E-state index contributed by atoms with van der Waals surface area (Å²) < 4.78 is 0. The van der Waals surface area contributed by atoms with Gasteiger partial charge in [-0.1, -0.05) is 30.3 Å². The highest BCUT2D eigenvalue weighted by Crippen LogP contribution is 2.15. The van der Waals surface area contributed by atoms with Gasteiger partial charge in [-0.3, -0.25) is 4.99 Å². The zero-order valence-electron chi connectivity index (χ0n) is 8.03. The van der Waals surface area contributed by atoms with Crippen LogP contribution in [0, 0.1) is 0 Å². The van der Waals surface area contributed by atoms with E-state index < -0.39 is 0 Å². The van der Waals surface area contributed by atoms with Crippen molar-refractivity contribution in [2.24, 2.45) is 4.99 Å². The maximum atomic E-state index is 4.60. The van der Waals surface area contributed by atoms with E-state index in [0.717, 1.165) is 6.42 Å². The molecule has 1 atom stereocenters. The smallest absolute Gasteiger partial charge is 0.0474 e. The van der Waals surface area contributed by atoms with Gasteiger partial charge in [0.25, 0.3) is 0 Å². The predicted octanol–water partition coefficient (Wildman–Crippen LogP) is 2.85. The molecule has 13 heavy (non-hydrogen) atoms. The zero-order chi connectivity index (χ0) is 9.10. The van der Waals surface area contributed by atoms with Gasteiger partial charge in [0.05, 0.1) is 0 Å². The molecule has 0 spiro atoms. The van der Waals surface area contributed by atoms with Crippen molar-refractivity contribution in [2.45, 2.75) is 32.2 Å². The lowest BCUT2D eigenvalue weighted by atomic mass is 10.1. The molecule has 0 radical (unpaired) electrons. The molecule has 0 fully saturated rings. The highest BCUT2D eigenvalue weighted by Gasteiger charge is 2.12. The van der Waals surface area contributed by atoms with E-state index in [9.17, 15) is 0 Å². The van der Waals surface area contributed by atoms with Gasteiger partial charge >= 0.3 is 0 Å². The molecule has 0 saturated heterocycles. The minimum Gasteiger partial charge on any atom is -0.291 e. The monoisotopic (exact) mass is 173 g/mol. The largest absolute Gasteiger partial charge is 0.291 e.